The molecule has 0 aliphatic carbocycles. The minimum Gasteiger partial charge on any atom is -0.350 e. The van der Waals surface area contributed by atoms with Gasteiger partial charge in [0.2, 0.25) is 0 Å². The van der Waals surface area contributed by atoms with Gasteiger partial charge in [-0.3, -0.25) is 0 Å². The molecule has 0 bridgehead atoms. The van der Waals surface area contributed by atoms with Crippen LogP contribution in [0.2, 0.25) is 0 Å². The lowest BCUT2D eigenvalue weighted by Gasteiger charge is -2.25. The van der Waals surface area contributed by atoms with E-state index >= 15 is 0 Å². The fourth-order valence-electron chi connectivity index (χ4n) is 1.80. The van der Waals surface area contributed by atoms with Crippen LogP contribution in [0, 0.1) is 0 Å². The highest BCUT2D eigenvalue weighted by Crippen LogP contribution is 2.14. The highest BCUT2D eigenvalue weighted by atomic mass is 32.2. The molecule has 5 nitrogen and oxygen atoms in total. The first-order chi connectivity index (χ1) is 9.08. The minimum atomic E-state index is -3.36. The summed E-state index contributed by atoms with van der Waals surface area (Å²) in [6.07, 6.45) is -0.547. The molecule has 0 spiro atoms. The highest BCUT2D eigenvalue weighted by molar-refractivity contribution is 7.91. The zero-order valence-electron chi connectivity index (χ0n) is 10.9. The van der Waals surface area contributed by atoms with Crippen molar-refractivity contribution in [3.05, 3.63) is 35.9 Å². The Hall–Kier alpha value is -0.950. The van der Waals surface area contributed by atoms with Crippen molar-refractivity contribution in [3.8, 4) is 0 Å². The Labute approximate surface area is 113 Å². The van der Waals surface area contributed by atoms with E-state index in [1.54, 1.807) is 12.1 Å². The second-order valence-electron chi connectivity index (χ2n) is 4.43. The van der Waals surface area contributed by atoms with Gasteiger partial charge in [0.15, 0.2) is 21.6 Å². The van der Waals surface area contributed by atoms with Gasteiger partial charge in [-0.1, -0.05) is 30.3 Å². The van der Waals surface area contributed by atoms with E-state index in [4.69, 9.17) is 9.47 Å². The summed E-state index contributed by atoms with van der Waals surface area (Å²) in [4.78, 5) is 0. The monoisotopic (exact) mass is 284 g/mol. The molecule has 1 aliphatic heterocycles. The molecule has 19 heavy (non-hydrogen) atoms. The van der Waals surface area contributed by atoms with Crippen LogP contribution in [0.3, 0.4) is 0 Å². The summed E-state index contributed by atoms with van der Waals surface area (Å²) in [7, 11) is -3.36. The number of hydrogen-bond donors (Lipinski definition) is 0. The Morgan fingerprint density at radius 2 is 2.16 bits per heavy atom. The smallest absolute Gasteiger partial charge is 0.181 e. The van der Waals surface area contributed by atoms with E-state index in [0.29, 0.717) is 19.7 Å². The SMILES string of the molecule is CC(OC1C[N]CCO1)S(=O)(=O)Cc1ccccc1. The zero-order valence-corrected chi connectivity index (χ0v) is 11.7. The van der Waals surface area contributed by atoms with E-state index in [1.807, 2.05) is 18.2 Å². The van der Waals surface area contributed by atoms with Crippen LogP contribution in [0.25, 0.3) is 0 Å². The molecular weight excluding hydrogens is 266 g/mol. The van der Waals surface area contributed by atoms with Crippen LogP contribution < -0.4 is 5.32 Å². The minimum absolute atomic E-state index is 0.0289. The molecule has 2 rings (SSSR count). The van der Waals surface area contributed by atoms with Crippen LogP contribution in [-0.2, 0) is 25.1 Å². The molecule has 1 saturated heterocycles. The zero-order chi connectivity index (χ0) is 13.7. The van der Waals surface area contributed by atoms with E-state index in [1.165, 1.54) is 6.92 Å². The van der Waals surface area contributed by atoms with E-state index in [2.05, 4.69) is 5.32 Å². The largest absolute Gasteiger partial charge is 0.350 e. The quantitative estimate of drug-likeness (QED) is 0.806. The predicted octanol–water partition coefficient (Wildman–Crippen LogP) is 0.925. The number of hydrogen-bond acceptors (Lipinski definition) is 4. The summed E-state index contributed by atoms with van der Waals surface area (Å²) in [6, 6.07) is 9.07. The Kier molecular flexibility index (Phi) is 4.93. The van der Waals surface area contributed by atoms with Crippen LogP contribution in [0.4, 0.5) is 0 Å². The summed E-state index contributed by atoms with van der Waals surface area (Å²) < 4.78 is 35.1. The fourth-order valence-corrected chi connectivity index (χ4v) is 2.99. The van der Waals surface area contributed by atoms with Crippen LogP contribution >= 0.6 is 0 Å². The topological polar surface area (TPSA) is 66.7 Å². The second kappa shape index (κ2) is 6.47. The molecule has 1 radical (unpaired) electrons. The first kappa shape index (κ1) is 14.5. The summed E-state index contributed by atoms with van der Waals surface area (Å²) in [6.45, 7) is 3.06. The maximum Gasteiger partial charge on any atom is 0.181 e. The van der Waals surface area contributed by atoms with Crippen molar-refractivity contribution < 1.29 is 17.9 Å². The van der Waals surface area contributed by atoms with Gasteiger partial charge >= 0.3 is 0 Å². The molecule has 1 fully saturated rings. The van der Waals surface area contributed by atoms with Crippen molar-refractivity contribution in [2.75, 3.05) is 19.7 Å². The third kappa shape index (κ3) is 4.28. The third-order valence-electron chi connectivity index (χ3n) is 2.89. The van der Waals surface area contributed by atoms with Gasteiger partial charge in [0.1, 0.15) is 0 Å². The Morgan fingerprint density at radius 1 is 1.42 bits per heavy atom. The molecule has 1 aliphatic rings. The standard InChI is InChI=1S/C13H18NO4S/c1-11(18-13-9-14-7-8-17-13)19(15,16)10-12-5-3-2-4-6-12/h2-6,11,13H,7-10H2,1H3. The van der Waals surface area contributed by atoms with Crippen LogP contribution in [0.1, 0.15) is 12.5 Å². The number of sulfone groups is 1. The van der Waals surface area contributed by atoms with E-state index in [-0.39, 0.29) is 5.75 Å². The van der Waals surface area contributed by atoms with Crippen molar-refractivity contribution >= 4 is 9.84 Å². The molecule has 2 atom stereocenters. The van der Waals surface area contributed by atoms with Gasteiger partial charge in [-0.25, -0.2) is 13.7 Å². The Morgan fingerprint density at radius 3 is 2.79 bits per heavy atom. The molecule has 1 heterocycles. The molecule has 1 aromatic rings. The first-order valence-corrected chi connectivity index (χ1v) is 7.95. The average molecular weight is 284 g/mol. The van der Waals surface area contributed by atoms with Gasteiger partial charge in [0, 0.05) is 6.54 Å². The van der Waals surface area contributed by atoms with Crippen molar-refractivity contribution in [1.29, 1.82) is 0 Å². The molecule has 0 amide bonds. The lowest BCUT2D eigenvalue weighted by atomic mass is 10.2. The summed E-state index contributed by atoms with van der Waals surface area (Å²) in [5, 5.41) is 4.13. The predicted molar refractivity (Wildman–Crippen MR) is 71.2 cm³/mol. The lowest BCUT2D eigenvalue weighted by molar-refractivity contribution is -0.160. The number of ether oxygens (including phenoxy) is 2. The molecular formula is C13H18NO4S. The molecule has 1 aromatic carbocycles. The number of morpholine rings is 1. The number of benzene rings is 1. The highest BCUT2D eigenvalue weighted by Gasteiger charge is 2.26. The van der Waals surface area contributed by atoms with Gasteiger partial charge in [-0.2, -0.15) is 0 Å². The molecule has 2 unspecified atom stereocenters. The van der Waals surface area contributed by atoms with Gasteiger partial charge < -0.3 is 9.47 Å². The first-order valence-electron chi connectivity index (χ1n) is 6.24. The lowest BCUT2D eigenvalue weighted by Crippen LogP contribution is -2.39. The Bertz CT molecular complexity index is 483. The Balaban J connectivity index is 1.94. The summed E-state index contributed by atoms with van der Waals surface area (Å²) in [5.74, 6) is -0.0289. The van der Waals surface area contributed by atoms with Crippen molar-refractivity contribution in [2.24, 2.45) is 0 Å². The summed E-state index contributed by atoms with van der Waals surface area (Å²) in [5.41, 5.74) is -0.141. The van der Waals surface area contributed by atoms with Crippen molar-refractivity contribution in [1.82, 2.24) is 5.32 Å². The van der Waals surface area contributed by atoms with Gasteiger partial charge in [-0.15, -0.1) is 0 Å². The third-order valence-corrected chi connectivity index (χ3v) is 4.75. The molecule has 0 saturated carbocycles. The van der Waals surface area contributed by atoms with Crippen LogP contribution in [0.5, 0.6) is 0 Å². The fraction of sp³-hybridized carbons (Fsp3) is 0.538. The van der Waals surface area contributed by atoms with Crippen molar-refractivity contribution in [3.63, 3.8) is 0 Å². The van der Waals surface area contributed by atoms with E-state index in [0.717, 1.165) is 5.56 Å². The second-order valence-corrected chi connectivity index (χ2v) is 6.70. The van der Waals surface area contributed by atoms with Crippen molar-refractivity contribution in [2.45, 2.75) is 24.4 Å². The molecule has 6 heteroatoms. The molecule has 105 valence electrons. The maximum atomic E-state index is 12.2. The van der Waals surface area contributed by atoms with Gasteiger partial charge in [0.05, 0.1) is 18.9 Å². The van der Waals surface area contributed by atoms with Crippen LogP contribution in [0.15, 0.2) is 30.3 Å². The maximum absolute atomic E-state index is 12.2. The molecule has 0 aromatic heterocycles. The number of nitrogens with zero attached hydrogens (tertiary/aromatic N) is 1. The van der Waals surface area contributed by atoms with E-state index < -0.39 is 21.6 Å². The number of rotatable bonds is 5. The average Bonchev–Trinajstić information content (AvgIpc) is 2.40. The summed E-state index contributed by atoms with van der Waals surface area (Å²) >= 11 is 0. The van der Waals surface area contributed by atoms with Gasteiger partial charge in [0.25, 0.3) is 0 Å². The van der Waals surface area contributed by atoms with Gasteiger partial charge in [-0.05, 0) is 12.5 Å². The molecule has 0 N–H and O–H groups in total. The van der Waals surface area contributed by atoms with Crippen LogP contribution in [-0.4, -0.2) is 39.8 Å². The van der Waals surface area contributed by atoms with E-state index in [9.17, 15) is 8.42 Å². The normalized spacial score (nSPS) is 22.1.